The summed E-state index contributed by atoms with van der Waals surface area (Å²) >= 11 is 0. The molecule has 0 saturated carbocycles. The van der Waals surface area contributed by atoms with Gasteiger partial charge in [0.25, 0.3) is 5.69 Å². The number of aromatic amines is 1. The first-order chi connectivity index (χ1) is 8.13. The molecule has 17 heavy (non-hydrogen) atoms. The van der Waals surface area contributed by atoms with Gasteiger partial charge in [-0.15, -0.1) is 0 Å². The average molecular weight is 231 g/mol. The van der Waals surface area contributed by atoms with Crippen molar-refractivity contribution in [3.05, 3.63) is 45.6 Å². The van der Waals surface area contributed by atoms with E-state index >= 15 is 0 Å². The van der Waals surface area contributed by atoms with Crippen molar-refractivity contribution in [2.75, 3.05) is 0 Å². The van der Waals surface area contributed by atoms with Gasteiger partial charge in [-0.1, -0.05) is 12.1 Å². The predicted octanol–water partition coefficient (Wildman–Crippen LogP) is 2.11. The number of nitrogens with one attached hydrogen (secondary N) is 1. The summed E-state index contributed by atoms with van der Waals surface area (Å²) in [5, 5.41) is 17.2. The molecule has 0 aliphatic rings. The van der Waals surface area contributed by atoms with Gasteiger partial charge >= 0.3 is 0 Å². The van der Waals surface area contributed by atoms with Crippen molar-refractivity contribution in [3.8, 4) is 11.3 Å². The molecule has 2 rings (SSSR count). The van der Waals surface area contributed by atoms with E-state index in [0.29, 0.717) is 28.7 Å². The fourth-order valence-electron chi connectivity index (χ4n) is 1.58. The number of nitro benzene ring substituents is 1. The molecule has 0 unspecified atom stereocenters. The van der Waals surface area contributed by atoms with E-state index in [2.05, 4.69) is 10.2 Å². The number of aryl methyl sites for hydroxylation is 1. The molecule has 2 aromatic rings. The van der Waals surface area contributed by atoms with E-state index in [4.69, 9.17) is 0 Å². The number of rotatable bonds is 3. The number of aromatic nitrogens is 2. The zero-order valence-electron chi connectivity index (χ0n) is 9.01. The Morgan fingerprint density at radius 1 is 1.47 bits per heavy atom. The molecule has 1 aromatic heterocycles. The van der Waals surface area contributed by atoms with Crippen LogP contribution in [0.3, 0.4) is 0 Å². The lowest BCUT2D eigenvalue weighted by Gasteiger charge is -2.01. The predicted molar refractivity (Wildman–Crippen MR) is 60.8 cm³/mol. The van der Waals surface area contributed by atoms with E-state index in [0.717, 1.165) is 0 Å². The molecule has 86 valence electrons. The molecule has 1 heterocycles. The molecular formula is C11H9N3O3. The number of carbonyl (C=O) groups is 1. The molecule has 0 bridgehead atoms. The van der Waals surface area contributed by atoms with Crippen molar-refractivity contribution in [2.45, 2.75) is 6.92 Å². The van der Waals surface area contributed by atoms with Gasteiger partial charge in [0.05, 0.1) is 22.4 Å². The summed E-state index contributed by atoms with van der Waals surface area (Å²) in [6, 6.07) is 4.78. The third kappa shape index (κ3) is 1.92. The SMILES string of the molecule is Cc1ccc(-c2[nH]ncc2C=O)cc1[N+](=O)[O-]. The smallest absolute Gasteiger partial charge is 0.272 e. The maximum absolute atomic E-state index is 10.8. The maximum Gasteiger partial charge on any atom is 0.272 e. The first-order valence-corrected chi connectivity index (χ1v) is 4.87. The van der Waals surface area contributed by atoms with Crippen LogP contribution in [0.25, 0.3) is 11.3 Å². The molecule has 0 saturated heterocycles. The number of hydrogen-bond donors (Lipinski definition) is 1. The van der Waals surface area contributed by atoms with Crippen LogP contribution in [0.4, 0.5) is 5.69 Å². The second-order valence-corrected chi connectivity index (χ2v) is 3.58. The average Bonchev–Trinajstić information content (AvgIpc) is 2.77. The van der Waals surface area contributed by atoms with Gasteiger partial charge in [-0.2, -0.15) is 5.10 Å². The lowest BCUT2D eigenvalue weighted by molar-refractivity contribution is -0.385. The lowest BCUT2D eigenvalue weighted by atomic mass is 10.1. The summed E-state index contributed by atoms with van der Waals surface area (Å²) in [6.45, 7) is 1.66. The highest BCUT2D eigenvalue weighted by Crippen LogP contribution is 2.26. The van der Waals surface area contributed by atoms with Gasteiger partial charge in [0.15, 0.2) is 6.29 Å². The molecule has 1 N–H and O–H groups in total. The fraction of sp³-hybridized carbons (Fsp3) is 0.0909. The van der Waals surface area contributed by atoms with Crippen molar-refractivity contribution in [1.29, 1.82) is 0 Å². The zero-order valence-corrected chi connectivity index (χ0v) is 9.01. The normalized spacial score (nSPS) is 10.2. The number of aldehydes is 1. The minimum Gasteiger partial charge on any atom is -0.298 e. The zero-order chi connectivity index (χ0) is 12.4. The Morgan fingerprint density at radius 3 is 2.88 bits per heavy atom. The van der Waals surface area contributed by atoms with Crippen LogP contribution >= 0.6 is 0 Å². The van der Waals surface area contributed by atoms with E-state index < -0.39 is 4.92 Å². The maximum atomic E-state index is 10.8. The Labute approximate surface area is 96.4 Å². The number of nitro groups is 1. The van der Waals surface area contributed by atoms with Crippen LogP contribution in [0.5, 0.6) is 0 Å². The summed E-state index contributed by atoms with van der Waals surface area (Å²) in [6.07, 6.45) is 2.04. The summed E-state index contributed by atoms with van der Waals surface area (Å²) < 4.78 is 0. The standard InChI is InChI=1S/C11H9N3O3/c1-7-2-3-8(4-10(7)14(16)17)11-9(6-15)5-12-13-11/h2-6H,1H3,(H,12,13). The van der Waals surface area contributed by atoms with Crippen LogP contribution in [0.2, 0.25) is 0 Å². The molecule has 0 aliphatic heterocycles. The van der Waals surface area contributed by atoms with Crippen LogP contribution < -0.4 is 0 Å². The molecule has 1 aromatic carbocycles. The number of carbonyl (C=O) groups excluding carboxylic acids is 1. The Balaban J connectivity index is 2.57. The second kappa shape index (κ2) is 4.17. The largest absolute Gasteiger partial charge is 0.298 e. The molecule has 6 nitrogen and oxygen atoms in total. The van der Waals surface area contributed by atoms with E-state index in [1.165, 1.54) is 12.3 Å². The lowest BCUT2D eigenvalue weighted by Crippen LogP contribution is -1.93. The highest BCUT2D eigenvalue weighted by molar-refractivity contribution is 5.85. The van der Waals surface area contributed by atoms with Gasteiger partial charge in [0, 0.05) is 17.2 Å². The van der Waals surface area contributed by atoms with E-state index in [9.17, 15) is 14.9 Å². The Kier molecular flexibility index (Phi) is 2.70. The molecule has 0 fully saturated rings. The summed E-state index contributed by atoms with van der Waals surface area (Å²) in [5.41, 5.74) is 2.04. The number of hydrogen-bond acceptors (Lipinski definition) is 4. The van der Waals surface area contributed by atoms with E-state index in [-0.39, 0.29) is 5.69 Å². The van der Waals surface area contributed by atoms with Crippen molar-refractivity contribution < 1.29 is 9.72 Å². The van der Waals surface area contributed by atoms with Crippen LogP contribution in [0, 0.1) is 17.0 Å². The molecule has 0 spiro atoms. The van der Waals surface area contributed by atoms with E-state index in [1.54, 1.807) is 19.1 Å². The summed E-state index contributed by atoms with van der Waals surface area (Å²) in [5.74, 6) is 0. The van der Waals surface area contributed by atoms with Crippen molar-refractivity contribution in [2.24, 2.45) is 0 Å². The van der Waals surface area contributed by atoms with Crippen molar-refractivity contribution in [1.82, 2.24) is 10.2 Å². The summed E-state index contributed by atoms with van der Waals surface area (Å²) in [7, 11) is 0. The molecule has 0 amide bonds. The first-order valence-electron chi connectivity index (χ1n) is 4.87. The highest BCUT2D eigenvalue weighted by Gasteiger charge is 2.14. The monoisotopic (exact) mass is 231 g/mol. The van der Waals surface area contributed by atoms with Crippen LogP contribution in [0.1, 0.15) is 15.9 Å². The van der Waals surface area contributed by atoms with Crippen LogP contribution in [-0.4, -0.2) is 21.4 Å². The molecule has 6 heteroatoms. The molecule has 0 atom stereocenters. The molecule has 0 radical (unpaired) electrons. The molecule has 0 aliphatic carbocycles. The fourth-order valence-corrected chi connectivity index (χ4v) is 1.58. The second-order valence-electron chi connectivity index (χ2n) is 3.58. The van der Waals surface area contributed by atoms with Gasteiger partial charge in [-0.05, 0) is 6.92 Å². The van der Waals surface area contributed by atoms with Crippen molar-refractivity contribution in [3.63, 3.8) is 0 Å². The van der Waals surface area contributed by atoms with Gasteiger partial charge in [-0.3, -0.25) is 20.0 Å². The number of benzene rings is 1. The third-order valence-corrected chi connectivity index (χ3v) is 2.49. The Hall–Kier alpha value is -2.50. The minimum atomic E-state index is -0.449. The van der Waals surface area contributed by atoms with Gasteiger partial charge < -0.3 is 0 Å². The topological polar surface area (TPSA) is 88.9 Å². The van der Waals surface area contributed by atoms with E-state index in [1.807, 2.05) is 0 Å². The number of nitrogens with zero attached hydrogens (tertiary/aromatic N) is 2. The first kappa shape index (κ1) is 11.0. The Bertz CT molecular complexity index is 589. The van der Waals surface area contributed by atoms with Gasteiger partial charge in [0.1, 0.15) is 0 Å². The van der Waals surface area contributed by atoms with Crippen LogP contribution in [0.15, 0.2) is 24.4 Å². The third-order valence-electron chi connectivity index (χ3n) is 2.49. The van der Waals surface area contributed by atoms with Gasteiger partial charge in [0.2, 0.25) is 0 Å². The van der Waals surface area contributed by atoms with Gasteiger partial charge in [-0.25, -0.2) is 0 Å². The summed E-state index contributed by atoms with van der Waals surface area (Å²) in [4.78, 5) is 21.1. The number of H-pyrrole nitrogens is 1. The van der Waals surface area contributed by atoms with Crippen LogP contribution in [-0.2, 0) is 0 Å². The molecular weight excluding hydrogens is 222 g/mol. The Morgan fingerprint density at radius 2 is 2.24 bits per heavy atom. The van der Waals surface area contributed by atoms with Crippen molar-refractivity contribution >= 4 is 12.0 Å². The quantitative estimate of drug-likeness (QED) is 0.497. The minimum absolute atomic E-state index is 0.0222. The highest BCUT2D eigenvalue weighted by atomic mass is 16.6.